The molecule has 1 unspecified atom stereocenters. The number of carbonyl (C=O) groups is 1. The van der Waals surface area contributed by atoms with Gasteiger partial charge in [-0.05, 0) is 44.0 Å². The Labute approximate surface area is 124 Å². The number of hydrogen-bond donors (Lipinski definition) is 1. The van der Waals surface area contributed by atoms with Crippen LogP contribution in [0, 0.1) is 0 Å². The van der Waals surface area contributed by atoms with E-state index in [1.54, 1.807) is 4.90 Å². The number of amides is 1. The fourth-order valence-corrected chi connectivity index (χ4v) is 2.62. The Morgan fingerprint density at radius 2 is 2.24 bits per heavy atom. The highest BCUT2D eigenvalue weighted by Crippen LogP contribution is 2.22. The first-order valence-corrected chi connectivity index (χ1v) is 7.75. The van der Waals surface area contributed by atoms with Gasteiger partial charge in [-0.1, -0.05) is 5.10 Å². The van der Waals surface area contributed by atoms with Crippen molar-refractivity contribution in [3.05, 3.63) is 0 Å². The van der Waals surface area contributed by atoms with Gasteiger partial charge in [0, 0.05) is 6.54 Å². The predicted octanol–water partition coefficient (Wildman–Crippen LogP) is 0.653. The van der Waals surface area contributed by atoms with Gasteiger partial charge >= 0.3 is 6.09 Å². The zero-order valence-electron chi connectivity index (χ0n) is 12.2. The second kappa shape index (κ2) is 6.06. The molecule has 1 amide bonds. The summed E-state index contributed by atoms with van der Waals surface area (Å²) in [6, 6.07) is -0.148. The third-order valence-corrected chi connectivity index (χ3v) is 3.65. The molecule has 2 rings (SSSR count). The molecule has 0 bridgehead atoms. The van der Waals surface area contributed by atoms with Crippen LogP contribution in [0.3, 0.4) is 0 Å². The zero-order chi connectivity index (χ0) is 15.6. The molecule has 0 aromatic carbocycles. The Bertz CT molecular complexity index is 541. The lowest BCUT2D eigenvalue weighted by atomic mass is 10.2. The number of carbonyl (C=O) groups excluding carboxylic acids is 1. The molecular weight excluding hydrogens is 298 g/mol. The summed E-state index contributed by atoms with van der Waals surface area (Å²) in [5.74, 6) is 0. The maximum absolute atomic E-state index is 12.2. The minimum absolute atomic E-state index is 0.119. The van der Waals surface area contributed by atoms with E-state index in [0.29, 0.717) is 6.54 Å². The van der Waals surface area contributed by atoms with Crippen molar-refractivity contribution < 1.29 is 18.3 Å². The first-order chi connectivity index (χ1) is 9.78. The summed E-state index contributed by atoms with van der Waals surface area (Å²) in [6.07, 6.45) is 1.24. The van der Waals surface area contributed by atoms with Crippen molar-refractivity contribution in [2.75, 3.05) is 6.54 Å². The summed E-state index contributed by atoms with van der Waals surface area (Å²) in [6.45, 7) is 6.30. The highest BCUT2D eigenvalue weighted by molar-refractivity contribution is 7.79. The second-order valence-electron chi connectivity index (χ2n) is 5.86. The Morgan fingerprint density at radius 1 is 1.52 bits per heavy atom. The Balaban J connectivity index is 2.07. The topological polar surface area (TPSA) is 110 Å². The van der Waals surface area contributed by atoms with Gasteiger partial charge in [-0.25, -0.2) is 13.7 Å². The molecule has 0 radical (unpaired) electrons. The molecule has 1 aliphatic rings. The van der Waals surface area contributed by atoms with Crippen LogP contribution < -0.4 is 0 Å². The van der Waals surface area contributed by atoms with Gasteiger partial charge in [0.25, 0.3) is 5.16 Å². The molecule has 118 valence electrons. The Hall–Kier alpha value is -1.55. The number of rotatable bonds is 3. The average molecular weight is 317 g/mol. The van der Waals surface area contributed by atoms with Gasteiger partial charge in [-0.3, -0.25) is 4.55 Å². The lowest BCUT2D eigenvalue weighted by molar-refractivity contribution is 0.0209. The predicted molar refractivity (Wildman–Crippen MR) is 72.8 cm³/mol. The van der Waals surface area contributed by atoms with Crippen LogP contribution in [-0.2, 0) is 22.4 Å². The smallest absolute Gasteiger partial charge is 0.410 e. The molecule has 0 saturated carbocycles. The monoisotopic (exact) mass is 317 g/mol. The van der Waals surface area contributed by atoms with E-state index >= 15 is 0 Å². The van der Waals surface area contributed by atoms with Gasteiger partial charge in [-0.2, -0.15) is 0 Å². The number of ether oxygens (including phenoxy) is 1. The summed E-state index contributed by atoms with van der Waals surface area (Å²) in [4.78, 5) is 13.8. The minimum atomic E-state index is -2.26. The largest absolute Gasteiger partial charge is 0.444 e. The van der Waals surface area contributed by atoms with Gasteiger partial charge < -0.3 is 9.64 Å². The van der Waals surface area contributed by atoms with Crippen molar-refractivity contribution in [1.29, 1.82) is 0 Å². The fourth-order valence-electron chi connectivity index (χ4n) is 2.22. The van der Waals surface area contributed by atoms with E-state index in [2.05, 4.69) is 15.5 Å². The molecule has 1 saturated heterocycles. The van der Waals surface area contributed by atoms with Crippen LogP contribution in [0.4, 0.5) is 4.79 Å². The SMILES string of the molecule is CC(C)(C)OC(=O)N1CCC[C@H]1Cn1nnnc1S(=O)O. The molecule has 21 heavy (non-hydrogen) atoms. The van der Waals surface area contributed by atoms with E-state index in [1.807, 2.05) is 20.8 Å². The standard InChI is InChI=1S/C11H19N5O4S/c1-11(2,3)20-10(17)15-6-4-5-8(15)7-16-9(21(18)19)12-13-14-16/h8H,4-7H2,1-3H3,(H,18,19)/t8-/m0/s1. The molecule has 1 aliphatic heterocycles. The number of nitrogens with zero attached hydrogens (tertiary/aromatic N) is 5. The van der Waals surface area contributed by atoms with Gasteiger partial charge in [0.2, 0.25) is 11.1 Å². The number of likely N-dealkylation sites (tertiary alicyclic amines) is 1. The lowest BCUT2D eigenvalue weighted by Crippen LogP contribution is -2.41. The van der Waals surface area contributed by atoms with Gasteiger partial charge in [0.1, 0.15) is 5.60 Å². The van der Waals surface area contributed by atoms with Crippen LogP contribution in [0.15, 0.2) is 5.16 Å². The van der Waals surface area contributed by atoms with E-state index in [4.69, 9.17) is 9.29 Å². The van der Waals surface area contributed by atoms with E-state index in [1.165, 1.54) is 4.68 Å². The van der Waals surface area contributed by atoms with Crippen LogP contribution in [0.25, 0.3) is 0 Å². The maximum atomic E-state index is 12.2. The molecule has 1 fully saturated rings. The number of hydrogen-bond acceptors (Lipinski definition) is 6. The van der Waals surface area contributed by atoms with Crippen LogP contribution in [-0.4, -0.2) is 58.1 Å². The average Bonchev–Trinajstić information content (AvgIpc) is 2.95. The van der Waals surface area contributed by atoms with Crippen LogP contribution in [0.1, 0.15) is 33.6 Å². The Morgan fingerprint density at radius 3 is 2.86 bits per heavy atom. The molecule has 0 aliphatic carbocycles. The number of tetrazole rings is 1. The van der Waals surface area contributed by atoms with Gasteiger partial charge in [0.15, 0.2) is 0 Å². The highest BCUT2D eigenvalue weighted by atomic mass is 32.2. The van der Waals surface area contributed by atoms with Gasteiger partial charge in [-0.15, -0.1) is 0 Å². The number of aromatic nitrogens is 4. The van der Waals surface area contributed by atoms with Crippen molar-refractivity contribution in [3.8, 4) is 0 Å². The fraction of sp³-hybridized carbons (Fsp3) is 0.818. The molecule has 1 aromatic rings. The molecule has 1 N–H and O–H groups in total. The molecule has 0 spiro atoms. The van der Waals surface area contributed by atoms with Crippen molar-refractivity contribution >= 4 is 17.2 Å². The third-order valence-electron chi connectivity index (χ3n) is 3.04. The molecule has 9 nitrogen and oxygen atoms in total. The molecule has 1 aromatic heterocycles. The Kier molecular flexibility index (Phi) is 4.57. The van der Waals surface area contributed by atoms with E-state index < -0.39 is 16.7 Å². The summed E-state index contributed by atoms with van der Waals surface area (Å²) >= 11 is -2.26. The maximum Gasteiger partial charge on any atom is 0.410 e. The van der Waals surface area contributed by atoms with Gasteiger partial charge in [0.05, 0.1) is 12.6 Å². The molecule has 10 heteroatoms. The van der Waals surface area contributed by atoms with Crippen molar-refractivity contribution in [3.63, 3.8) is 0 Å². The van der Waals surface area contributed by atoms with E-state index in [0.717, 1.165) is 12.8 Å². The third kappa shape index (κ3) is 3.97. The first kappa shape index (κ1) is 15.8. The van der Waals surface area contributed by atoms with Crippen molar-refractivity contribution in [2.24, 2.45) is 0 Å². The molecule has 2 atom stereocenters. The zero-order valence-corrected chi connectivity index (χ0v) is 13.0. The summed E-state index contributed by atoms with van der Waals surface area (Å²) in [7, 11) is 0. The summed E-state index contributed by atoms with van der Waals surface area (Å²) < 4.78 is 26.8. The quantitative estimate of drug-likeness (QED) is 0.815. The molecular formula is C11H19N5O4S. The molecule has 2 heterocycles. The first-order valence-electron chi connectivity index (χ1n) is 6.64. The summed E-state index contributed by atoms with van der Waals surface area (Å²) in [5, 5.41) is 10.5. The highest BCUT2D eigenvalue weighted by Gasteiger charge is 2.33. The lowest BCUT2D eigenvalue weighted by Gasteiger charge is -2.28. The van der Waals surface area contributed by atoms with E-state index in [-0.39, 0.29) is 23.8 Å². The van der Waals surface area contributed by atoms with Crippen LogP contribution in [0.5, 0.6) is 0 Å². The normalized spacial score (nSPS) is 20.6. The van der Waals surface area contributed by atoms with Crippen molar-refractivity contribution in [2.45, 2.75) is 57.0 Å². The van der Waals surface area contributed by atoms with Crippen LogP contribution in [0.2, 0.25) is 0 Å². The summed E-state index contributed by atoms with van der Waals surface area (Å²) in [5.41, 5.74) is -0.559. The minimum Gasteiger partial charge on any atom is -0.444 e. The van der Waals surface area contributed by atoms with E-state index in [9.17, 15) is 9.00 Å². The second-order valence-corrected chi connectivity index (χ2v) is 6.73. The van der Waals surface area contributed by atoms with Crippen molar-refractivity contribution in [1.82, 2.24) is 25.1 Å². The van der Waals surface area contributed by atoms with Crippen LogP contribution >= 0.6 is 0 Å².